The van der Waals surface area contributed by atoms with Crippen LogP contribution in [0.1, 0.15) is 64.7 Å². The molecule has 3 rings (SSSR count). The van der Waals surface area contributed by atoms with Gasteiger partial charge in [-0.3, -0.25) is 9.79 Å². The number of hydrogen-bond acceptors (Lipinski definition) is 4. The predicted molar refractivity (Wildman–Crippen MR) is 115 cm³/mol. The number of nitrogens with one attached hydrogen (secondary N) is 3. The molecule has 2 aliphatic carbocycles. The van der Waals surface area contributed by atoms with E-state index in [2.05, 4.69) is 22.9 Å². The van der Waals surface area contributed by atoms with Crippen LogP contribution in [-0.4, -0.2) is 63.5 Å². The van der Waals surface area contributed by atoms with Gasteiger partial charge in [-0.2, -0.15) is 0 Å². The maximum atomic E-state index is 12.4. The lowest BCUT2D eigenvalue weighted by molar-refractivity contribution is -0.126. The maximum absolute atomic E-state index is 12.4. The van der Waals surface area contributed by atoms with Crippen LogP contribution in [0.3, 0.4) is 0 Å². The molecule has 0 radical (unpaired) electrons. The molecule has 7 heteroatoms. The average molecular weight is 409 g/mol. The summed E-state index contributed by atoms with van der Waals surface area (Å²) in [7, 11) is 0. The first kappa shape index (κ1) is 22.3. The summed E-state index contributed by atoms with van der Waals surface area (Å²) in [5, 5.41) is 10.1. The van der Waals surface area contributed by atoms with Gasteiger partial charge < -0.3 is 25.4 Å². The van der Waals surface area contributed by atoms with Gasteiger partial charge in [0, 0.05) is 57.5 Å². The Kier molecular flexibility index (Phi) is 9.54. The number of carbonyl (C=O) groups excluding carboxylic acids is 1. The van der Waals surface area contributed by atoms with E-state index >= 15 is 0 Å². The Morgan fingerprint density at radius 2 is 1.90 bits per heavy atom. The summed E-state index contributed by atoms with van der Waals surface area (Å²) in [5.41, 5.74) is 0. The molecule has 0 spiro atoms. The summed E-state index contributed by atoms with van der Waals surface area (Å²) in [6.07, 6.45) is 9.57. The first-order valence-corrected chi connectivity index (χ1v) is 11.7. The zero-order valence-corrected chi connectivity index (χ0v) is 18.1. The fourth-order valence-corrected chi connectivity index (χ4v) is 4.14. The van der Waals surface area contributed by atoms with Gasteiger partial charge in [-0.25, -0.2) is 0 Å². The number of ether oxygens (including phenoxy) is 2. The molecule has 166 valence electrons. The molecule has 1 amide bonds. The third-order valence-corrected chi connectivity index (χ3v) is 6.06. The Hall–Kier alpha value is -1.34. The fourth-order valence-electron chi connectivity index (χ4n) is 4.14. The number of carbonyl (C=O) groups is 1. The summed E-state index contributed by atoms with van der Waals surface area (Å²) < 4.78 is 11.2. The summed E-state index contributed by atoms with van der Waals surface area (Å²) in [5.74, 6) is 1.92. The molecule has 2 atom stereocenters. The van der Waals surface area contributed by atoms with Gasteiger partial charge in [0.2, 0.25) is 5.91 Å². The van der Waals surface area contributed by atoms with Gasteiger partial charge in [0.15, 0.2) is 5.96 Å². The summed E-state index contributed by atoms with van der Waals surface area (Å²) in [4.78, 5) is 17.1. The number of amides is 1. The molecule has 1 aliphatic heterocycles. The molecule has 29 heavy (non-hydrogen) atoms. The monoisotopic (exact) mass is 408 g/mol. The quantitative estimate of drug-likeness (QED) is 0.293. The first-order chi connectivity index (χ1) is 14.2. The van der Waals surface area contributed by atoms with E-state index in [0.717, 1.165) is 103 Å². The Balaban J connectivity index is 1.33. The van der Waals surface area contributed by atoms with Crippen molar-refractivity contribution in [2.24, 2.45) is 16.8 Å². The molecular weight excluding hydrogens is 368 g/mol. The summed E-state index contributed by atoms with van der Waals surface area (Å²) >= 11 is 0. The zero-order valence-electron chi connectivity index (χ0n) is 18.1. The standard InChI is InChI=1S/C22H40N4O3/c1-2-23-22(24-11-4-12-29-16-17-9-13-28-14-10-17)26-20-6-3-5-18(15-20)21(27)25-19-7-8-19/h17-20H,2-16H2,1H3,(H,25,27)(H2,23,24,26). The normalized spacial score (nSPS) is 26.2. The van der Waals surface area contributed by atoms with E-state index in [1.54, 1.807) is 0 Å². The summed E-state index contributed by atoms with van der Waals surface area (Å²) in [6.45, 7) is 7.03. The van der Waals surface area contributed by atoms with Crippen LogP contribution in [0.25, 0.3) is 0 Å². The lowest BCUT2D eigenvalue weighted by Crippen LogP contribution is -2.47. The highest BCUT2D eigenvalue weighted by Crippen LogP contribution is 2.26. The van der Waals surface area contributed by atoms with Crippen LogP contribution in [0.2, 0.25) is 0 Å². The second-order valence-corrected chi connectivity index (χ2v) is 8.73. The van der Waals surface area contributed by atoms with Gasteiger partial charge in [0.05, 0.1) is 0 Å². The molecule has 2 unspecified atom stereocenters. The molecule has 2 saturated carbocycles. The van der Waals surface area contributed by atoms with Crippen molar-refractivity contribution in [3.8, 4) is 0 Å². The molecule has 3 fully saturated rings. The van der Waals surface area contributed by atoms with Crippen LogP contribution in [0.15, 0.2) is 4.99 Å². The van der Waals surface area contributed by atoms with Gasteiger partial charge in [0.1, 0.15) is 0 Å². The second-order valence-electron chi connectivity index (χ2n) is 8.73. The number of guanidine groups is 1. The van der Waals surface area contributed by atoms with Crippen molar-refractivity contribution in [1.29, 1.82) is 0 Å². The van der Waals surface area contributed by atoms with Crippen molar-refractivity contribution in [2.45, 2.75) is 76.8 Å². The lowest BCUT2D eigenvalue weighted by Gasteiger charge is -2.30. The van der Waals surface area contributed by atoms with Crippen LogP contribution >= 0.6 is 0 Å². The van der Waals surface area contributed by atoms with E-state index in [9.17, 15) is 4.79 Å². The van der Waals surface area contributed by atoms with Gasteiger partial charge in [-0.05, 0) is 64.2 Å². The van der Waals surface area contributed by atoms with Crippen molar-refractivity contribution in [2.75, 3.05) is 39.5 Å². The van der Waals surface area contributed by atoms with Crippen LogP contribution in [-0.2, 0) is 14.3 Å². The minimum Gasteiger partial charge on any atom is -0.381 e. The molecule has 3 N–H and O–H groups in total. The van der Waals surface area contributed by atoms with Gasteiger partial charge in [0.25, 0.3) is 0 Å². The second kappa shape index (κ2) is 12.4. The van der Waals surface area contributed by atoms with E-state index in [1.165, 1.54) is 0 Å². The van der Waals surface area contributed by atoms with E-state index in [1.807, 2.05) is 0 Å². The van der Waals surface area contributed by atoms with E-state index in [0.29, 0.717) is 18.0 Å². The third-order valence-electron chi connectivity index (χ3n) is 6.06. The van der Waals surface area contributed by atoms with E-state index < -0.39 is 0 Å². The zero-order chi connectivity index (χ0) is 20.3. The van der Waals surface area contributed by atoms with Gasteiger partial charge >= 0.3 is 0 Å². The van der Waals surface area contributed by atoms with Crippen LogP contribution in [0, 0.1) is 11.8 Å². The molecule has 0 aromatic heterocycles. The molecule has 7 nitrogen and oxygen atoms in total. The number of aliphatic imine (C=N–C) groups is 1. The maximum Gasteiger partial charge on any atom is 0.223 e. The lowest BCUT2D eigenvalue weighted by atomic mass is 9.85. The van der Waals surface area contributed by atoms with Crippen molar-refractivity contribution in [3.63, 3.8) is 0 Å². The number of hydrogen-bond donors (Lipinski definition) is 3. The molecule has 1 saturated heterocycles. The molecule has 1 heterocycles. The highest BCUT2D eigenvalue weighted by molar-refractivity contribution is 5.81. The highest BCUT2D eigenvalue weighted by Gasteiger charge is 2.31. The predicted octanol–water partition coefficient (Wildman–Crippen LogP) is 2.21. The van der Waals surface area contributed by atoms with E-state index in [4.69, 9.17) is 14.5 Å². The minimum absolute atomic E-state index is 0.142. The smallest absolute Gasteiger partial charge is 0.223 e. The minimum atomic E-state index is 0.142. The molecular formula is C22H40N4O3. The van der Waals surface area contributed by atoms with Crippen LogP contribution in [0.4, 0.5) is 0 Å². The largest absolute Gasteiger partial charge is 0.381 e. The Morgan fingerprint density at radius 3 is 2.66 bits per heavy atom. The topological polar surface area (TPSA) is 84.0 Å². The highest BCUT2D eigenvalue weighted by atomic mass is 16.5. The molecule has 3 aliphatic rings. The Labute approximate surface area is 175 Å². The SMILES string of the molecule is CCNC(=NCCCOCC1CCOCC1)NC1CCCC(C(=O)NC2CC2)C1. The van der Waals surface area contributed by atoms with Crippen molar-refractivity contribution in [1.82, 2.24) is 16.0 Å². The first-order valence-electron chi connectivity index (χ1n) is 11.7. The van der Waals surface area contributed by atoms with Gasteiger partial charge in [-0.1, -0.05) is 6.42 Å². The Bertz CT molecular complexity index is 518. The summed E-state index contributed by atoms with van der Waals surface area (Å²) in [6, 6.07) is 0.768. The fraction of sp³-hybridized carbons (Fsp3) is 0.909. The number of rotatable bonds is 10. The van der Waals surface area contributed by atoms with E-state index in [-0.39, 0.29) is 11.8 Å². The number of nitrogens with zero attached hydrogens (tertiary/aromatic N) is 1. The average Bonchev–Trinajstić information content (AvgIpc) is 3.55. The van der Waals surface area contributed by atoms with Gasteiger partial charge in [-0.15, -0.1) is 0 Å². The Morgan fingerprint density at radius 1 is 1.07 bits per heavy atom. The van der Waals surface area contributed by atoms with Crippen molar-refractivity contribution < 1.29 is 14.3 Å². The van der Waals surface area contributed by atoms with Crippen molar-refractivity contribution >= 4 is 11.9 Å². The molecule has 0 aromatic rings. The van der Waals surface area contributed by atoms with Crippen LogP contribution in [0.5, 0.6) is 0 Å². The van der Waals surface area contributed by atoms with Crippen LogP contribution < -0.4 is 16.0 Å². The molecule has 0 bridgehead atoms. The molecule has 0 aromatic carbocycles. The third kappa shape index (κ3) is 8.51. The van der Waals surface area contributed by atoms with Crippen molar-refractivity contribution in [3.05, 3.63) is 0 Å².